The Bertz CT molecular complexity index is 159. The smallest absolute Gasteiger partial charge is 0.0159 e. The van der Waals surface area contributed by atoms with Gasteiger partial charge >= 0.3 is 0 Å². The average Bonchev–Trinajstić information content (AvgIpc) is 2.67. The second kappa shape index (κ2) is 4.06. The summed E-state index contributed by atoms with van der Waals surface area (Å²) in [7, 11) is 0. The molecule has 0 bridgehead atoms. The van der Waals surface area contributed by atoms with Crippen molar-refractivity contribution in [2.24, 2.45) is 5.73 Å². The van der Waals surface area contributed by atoms with E-state index in [0.29, 0.717) is 0 Å². The lowest BCUT2D eigenvalue weighted by Gasteiger charge is -2.08. The summed E-state index contributed by atoms with van der Waals surface area (Å²) < 4.78 is 0. The molecule has 70 valence electrons. The molecule has 0 atom stereocenters. The van der Waals surface area contributed by atoms with Gasteiger partial charge in [-0.3, -0.25) is 0 Å². The van der Waals surface area contributed by atoms with Crippen molar-refractivity contribution in [1.29, 1.82) is 0 Å². The molecule has 0 aromatic carbocycles. The molecule has 0 aromatic heterocycles. The summed E-state index contributed by atoms with van der Waals surface area (Å²) in [5, 5.41) is 3.33. The summed E-state index contributed by atoms with van der Waals surface area (Å²) in [5.41, 5.74) is 7.37. The molecule has 12 heavy (non-hydrogen) atoms. The zero-order valence-electron chi connectivity index (χ0n) is 8.03. The van der Waals surface area contributed by atoms with Crippen molar-refractivity contribution in [3.8, 4) is 0 Å². The molecule has 0 radical (unpaired) electrons. The van der Waals surface area contributed by atoms with E-state index in [2.05, 4.69) is 11.9 Å². The molecule has 0 amide bonds. The zero-order valence-corrected chi connectivity index (χ0v) is 8.03. The third-order valence-electron chi connectivity index (χ3n) is 2.35. The van der Waals surface area contributed by atoms with Gasteiger partial charge in [-0.15, -0.1) is 0 Å². The van der Waals surface area contributed by atoms with Gasteiger partial charge < -0.3 is 11.1 Å². The lowest BCUT2D eigenvalue weighted by atomic mass is 10.1. The molecule has 0 heterocycles. The summed E-state index contributed by atoms with van der Waals surface area (Å²) >= 11 is 0. The van der Waals surface area contributed by atoms with Crippen LogP contribution in [0.15, 0.2) is 12.2 Å². The molecule has 1 aliphatic rings. The third kappa shape index (κ3) is 3.88. The topological polar surface area (TPSA) is 38.0 Å². The first-order chi connectivity index (χ1) is 5.62. The molecule has 0 spiro atoms. The minimum atomic E-state index is 0.227. The summed E-state index contributed by atoms with van der Waals surface area (Å²) in [4.78, 5) is 0. The standard InChI is InChI=1S/C10H20N2/c1-9(2)8-12-7-3-4-10(11)5-6-10/h12H,1,3-8,11H2,2H3. The Labute approximate surface area is 75.2 Å². The van der Waals surface area contributed by atoms with Crippen LogP contribution < -0.4 is 11.1 Å². The van der Waals surface area contributed by atoms with Crippen LogP contribution in [0.3, 0.4) is 0 Å². The molecule has 1 aliphatic carbocycles. The molecular formula is C10H20N2. The van der Waals surface area contributed by atoms with Gasteiger partial charge in [0, 0.05) is 12.1 Å². The number of nitrogens with two attached hydrogens (primary N) is 1. The predicted octanol–water partition coefficient (Wildman–Crippen LogP) is 1.42. The van der Waals surface area contributed by atoms with Crippen molar-refractivity contribution in [1.82, 2.24) is 5.32 Å². The van der Waals surface area contributed by atoms with Gasteiger partial charge in [0.25, 0.3) is 0 Å². The maximum absolute atomic E-state index is 5.94. The number of rotatable bonds is 6. The lowest BCUT2D eigenvalue weighted by Crippen LogP contribution is -2.24. The first-order valence-electron chi connectivity index (χ1n) is 4.76. The zero-order chi connectivity index (χ0) is 9.03. The SMILES string of the molecule is C=C(C)CNCCCC1(N)CC1. The summed E-state index contributed by atoms with van der Waals surface area (Å²) in [5.74, 6) is 0. The highest BCUT2D eigenvalue weighted by atomic mass is 14.9. The van der Waals surface area contributed by atoms with E-state index >= 15 is 0 Å². The molecule has 1 saturated carbocycles. The first kappa shape index (κ1) is 9.75. The molecular weight excluding hydrogens is 148 g/mol. The minimum absolute atomic E-state index is 0.227. The minimum Gasteiger partial charge on any atom is -0.325 e. The van der Waals surface area contributed by atoms with Gasteiger partial charge in [-0.05, 0) is 39.2 Å². The van der Waals surface area contributed by atoms with Gasteiger partial charge in [0.2, 0.25) is 0 Å². The molecule has 0 unspecified atom stereocenters. The van der Waals surface area contributed by atoms with Crippen LogP contribution in [0.1, 0.15) is 32.6 Å². The van der Waals surface area contributed by atoms with Gasteiger partial charge in [0.15, 0.2) is 0 Å². The van der Waals surface area contributed by atoms with Crippen LogP contribution in [0, 0.1) is 0 Å². The van der Waals surface area contributed by atoms with Crippen LogP contribution in [-0.2, 0) is 0 Å². The molecule has 0 aliphatic heterocycles. The maximum Gasteiger partial charge on any atom is 0.0159 e. The van der Waals surface area contributed by atoms with Gasteiger partial charge in [-0.1, -0.05) is 12.2 Å². The molecule has 2 nitrogen and oxygen atoms in total. The van der Waals surface area contributed by atoms with Crippen molar-refractivity contribution in [2.45, 2.75) is 38.1 Å². The fraction of sp³-hybridized carbons (Fsp3) is 0.800. The van der Waals surface area contributed by atoms with Crippen LogP contribution in [0.5, 0.6) is 0 Å². The maximum atomic E-state index is 5.94. The number of nitrogens with one attached hydrogen (secondary N) is 1. The van der Waals surface area contributed by atoms with E-state index in [1.807, 2.05) is 6.92 Å². The fourth-order valence-corrected chi connectivity index (χ4v) is 1.28. The summed E-state index contributed by atoms with van der Waals surface area (Å²) in [6.07, 6.45) is 4.83. The lowest BCUT2D eigenvalue weighted by molar-refractivity contribution is 0.551. The summed E-state index contributed by atoms with van der Waals surface area (Å²) in [6, 6.07) is 0. The molecule has 1 rings (SSSR count). The first-order valence-corrected chi connectivity index (χ1v) is 4.76. The van der Waals surface area contributed by atoms with E-state index < -0.39 is 0 Å². The van der Waals surface area contributed by atoms with Crippen LogP contribution in [0.25, 0.3) is 0 Å². The van der Waals surface area contributed by atoms with Crippen molar-refractivity contribution >= 4 is 0 Å². The van der Waals surface area contributed by atoms with Crippen molar-refractivity contribution in [3.63, 3.8) is 0 Å². The van der Waals surface area contributed by atoms with E-state index in [0.717, 1.165) is 13.1 Å². The van der Waals surface area contributed by atoms with Crippen molar-refractivity contribution in [2.75, 3.05) is 13.1 Å². The largest absolute Gasteiger partial charge is 0.325 e. The monoisotopic (exact) mass is 168 g/mol. The Morgan fingerprint density at radius 2 is 2.25 bits per heavy atom. The molecule has 1 fully saturated rings. The number of hydrogen-bond acceptors (Lipinski definition) is 2. The Kier molecular flexibility index (Phi) is 3.29. The quantitative estimate of drug-likeness (QED) is 0.465. The van der Waals surface area contributed by atoms with E-state index in [1.54, 1.807) is 0 Å². The highest BCUT2D eigenvalue weighted by Gasteiger charge is 2.36. The van der Waals surface area contributed by atoms with Gasteiger partial charge in [-0.2, -0.15) is 0 Å². The predicted molar refractivity (Wildman–Crippen MR) is 53.1 cm³/mol. The normalized spacial score (nSPS) is 19.2. The highest BCUT2D eigenvalue weighted by molar-refractivity contribution is 4.98. The average molecular weight is 168 g/mol. The Morgan fingerprint density at radius 1 is 1.58 bits per heavy atom. The Hall–Kier alpha value is -0.340. The second-order valence-electron chi connectivity index (χ2n) is 4.10. The van der Waals surface area contributed by atoms with E-state index in [4.69, 9.17) is 5.73 Å². The van der Waals surface area contributed by atoms with Crippen molar-refractivity contribution < 1.29 is 0 Å². The van der Waals surface area contributed by atoms with Crippen molar-refractivity contribution in [3.05, 3.63) is 12.2 Å². The van der Waals surface area contributed by atoms with E-state index in [9.17, 15) is 0 Å². The van der Waals surface area contributed by atoms with Crippen LogP contribution in [0.4, 0.5) is 0 Å². The molecule has 0 saturated heterocycles. The van der Waals surface area contributed by atoms with E-state index in [-0.39, 0.29) is 5.54 Å². The van der Waals surface area contributed by atoms with Gasteiger partial charge in [0.05, 0.1) is 0 Å². The second-order valence-corrected chi connectivity index (χ2v) is 4.10. The summed E-state index contributed by atoms with van der Waals surface area (Å²) in [6.45, 7) is 7.88. The Balaban J connectivity index is 1.86. The number of hydrogen-bond donors (Lipinski definition) is 2. The third-order valence-corrected chi connectivity index (χ3v) is 2.35. The molecule has 2 heteroatoms. The fourth-order valence-electron chi connectivity index (χ4n) is 1.28. The van der Waals surface area contributed by atoms with Gasteiger partial charge in [-0.25, -0.2) is 0 Å². The highest BCUT2D eigenvalue weighted by Crippen LogP contribution is 2.36. The Morgan fingerprint density at radius 3 is 2.75 bits per heavy atom. The van der Waals surface area contributed by atoms with Crippen LogP contribution >= 0.6 is 0 Å². The van der Waals surface area contributed by atoms with Gasteiger partial charge in [0.1, 0.15) is 0 Å². The van der Waals surface area contributed by atoms with Crippen LogP contribution in [-0.4, -0.2) is 18.6 Å². The van der Waals surface area contributed by atoms with Crippen LogP contribution in [0.2, 0.25) is 0 Å². The molecule has 3 N–H and O–H groups in total. The molecule has 0 aromatic rings. The van der Waals surface area contributed by atoms with E-state index in [1.165, 1.54) is 31.3 Å².